The number of hydrogen-bond donors (Lipinski definition) is 2. The molecule has 0 aliphatic rings. The third-order valence-corrected chi connectivity index (χ3v) is 4.70. The van der Waals surface area contributed by atoms with Crippen molar-refractivity contribution in [3.63, 3.8) is 0 Å². The van der Waals surface area contributed by atoms with Gasteiger partial charge in [-0.2, -0.15) is 0 Å². The molecule has 2 amide bonds. The minimum atomic E-state index is -3.44. The molecular formula is C18H20BrN3O4S. The van der Waals surface area contributed by atoms with Crippen molar-refractivity contribution in [1.82, 2.24) is 4.90 Å². The van der Waals surface area contributed by atoms with Crippen LogP contribution in [-0.4, -0.2) is 45.0 Å². The average Bonchev–Trinajstić information content (AvgIpc) is 2.55. The van der Waals surface area contributed by atoms with Gasteiger partial charge in [-0.3, -0.25) is 14.3 Å². The van der Waals surface area contributed by atoms with E-state index in [1.807, 2.05) is 19.1 Å². The molecule has 2 aromatic rings. The van der Waals surface area contributed by atoms with Crippen molar-refractivity contribution in [3.05, 3.63) is 58.1 Å². The number of halogens is 1. The fourth-order valence-electron chi connectivity index (χ4n) is 2.39. The van der Waals surface area contributed by atoms with Gasteiger partial charge in [0.15, 0.2) is 0 Å². The van der Waals surface area contributed by atoms with Gasteiger partial charge in [0.1, 0.15) is 0 Å². The van der Waals surface area contributed by atoms with E-state index >= 15 is 0 Å². The first kappa shape index (κ1) is 20.9. The van der Waals surface area contributed by atoms with Crippen LogP contribution in [0.3, 0.4) is 0 Å². The second-order valence-corrected chi connectivity index (χ2v) is 8.79. The Morgan fingerprint density at radius 1 is 1.15 bits per heavy atom. The van der Waals surface area contributed by atoms with Crippen LogP contribution in [0.15, 0.2) is 46.9 Å². The molecule has 0 spiro atoms. The summed E-state index contributed by atoms with van der Waals surface area (Å²) in [6.07, 6.45) is 1.03. The van der Waals surface area contributed by atoms with E-state index in [0.717, 1.165) is 16.3 Å². The number of carbonyl (C=O) groups is 2. The molecule has 0 atom stereocenters. The van der Waals surface area contributed by atoms with Crippen LogP contribution in [0.1, 0.15) is 15.9 Å². The Morgan fingerprint density at radius 2 is 1.85 bits per heavy atom. The van der Waals surface area contributed by atoms with Crippen LogP contribution in [0.25, 0.3) is 0 Å². The van der Waals surface area contributed by atoms with Crippen LogP contribution in [0.4, 0.5) is 11.4 Å². The third-order valence-electron chi connectivity index (χ3n) is 3.60. The van der Waals surface area contributed by atoms with E-state index in [9.17, 15) is 18.0 Å². The molecule has 2 N–H and O–H groups in total. The van der Waals surface area contributed by atoms with E-state index in [4.69, 9.17) is 0 Å². The molecule has 0 aliphatic carbocycles. The molecule has 0 aromatic heterocycles. The summed E-state index contributed by atoms with van der Waals surface area (Å²) in [6.45, 7) is 1.73. The average molecular weight is 454 g/mol. The largest absolute Gasteiger partial charge is 0.332 e. The highest BCUT2D eigenvalue weighted by atomic mass is 79.9. The molecule has 0 heterocycles. The summed E-state index contributed by atoms with van der Waals surface area (Å²) in [7, 11) is -1.94. The highest BCUT2D eigenvalue weighted by Crippen LogP contribution is 2.20. The van der Waals surface area contributed by atoms with E-state index in [1.165, 1.54) is 18.0 Å². The Kier molecular flexibility index (Phi) is 6.61. The smallest absolute Gasteiger partial charge is 0.254 e. The van der Waals surface area contributed by atoms with Crippen LogP contribution in [0.2, 0.25) is 0 Å². The Hall–Kier alpha value is -2.39. The van der Waals surface area contributed by atoms with Crippen molar-refractivity contribution in [1.29, 1.82) is 0 Å². The van der Waals surface area contributed by atoms with Gasteiger partial charge in [0.2, 0.25) is 15.9 Å². The molecule has 0 unspecified atom stereocenters. The first-order valence-electron chi connectivity index (χ1n) is 7.94. The predicted molar refractivity (Wildman–Crippen MR) is 109 cm³/mol. The number of aryl methyl sites for hydroxylation is 1. The number of likely N-dealkylation sites (N-methyl/N-ethyl adjacent to an activating group) is 1. The molecule has 0 saturated heterocycles. The highest BCUT2D eigenvalue weighted by molar-refractivity contribution is 9.10. The van der Waals surface area contributed by atoms with Gasteiger partial charge in [-0.25, -0.2) is 8.42 Å². The summed E-state index contributed by atoms with van der Waals surface area (Å²) in [5, 5.41) is 2.77. The van der Waals surface area contributed by atoms with Crippen molar-refractivity contribution >= 4 is 49.1 Å². The number of anilines is 2. The van der Waals surface area contributed by atoms with E-state index in [0.29, 0.717) is 5.69 Å². The van der Waals surface area contributed by atoms with Crippen molar-refractivity contribution in [2.24, 2.45) is 0 Å². The molecule has 0 saturated carbocycles. The monoisotopic (exact) mass is 453 g/mol. The van der Waals surface area contributed by atoms with Crippen molar-refractivity contribution in [2.75, 3.05) is 29.9 Å². The van der Waals surface area contributed by atoms with Crippen LogP contribution in [0.5, 0.6) is 0 Å². The molecule has 27 heavy (non-hydrogen) atoms. The zero-order valence-corrected chi connectivity index (χ0v) is 17.5. The van der Waals surface area contributed by atoms with Gasteiger partial charge in [0.25, 0.3) is 5.91 Å². The van der Waals surface area contributed by atoms with E-state index in [2.05, 4.69) is 26.0 Å². The van der Waals surface area contributed by atoms with Gasteiger partial charge in [0, 0.05) is 28.5 Å². The summed E-state index contributed by atoms with van der Waals surface area (Å²) in [6, 6.07) is 11.6. The van der Waals surface area contributed by atoms with Crippen molar-refractivity contribution in [2.45, 2.75) is 6.92 Å². The molecule has 9 heteroatoms. The fraction of sp³-hybridized carbons (Fsp3) is 0.222. The maximum absolute atomic E-state index is 12.5. The number of sulfonamides is 1. The second-order valence-electron chi connectivity index (χ2n) is 6.12. The maximum Gasteiger partial charge on any atom is 0.254 e. The van der Waals surface area contributed by atoms with Gasteiger partial charge in [-0.1, -0.05) is 22.0 Å². The van der Waals surface area contributed by atoms with Crippen LogP contribution in [0, 0.1) is 6.92 Å². The van der Waals surface area contributed by atoms with E-state index in [1.54, 1.807) is 24.3 Å². The maximum atomic E-state index is 12.5. The van der Waals surface area contributed by atoms with Gasteiger partial charge in [-0.05, 0) is 48.9 Å². The summed E-state index contributed by atoms with van der Waals surface area (Å²) < 4.78 is 25.9. The Morgan fingerprint density at radius 3 is 2.48 bits per heavy atom. The number of nitrogens with zero attached hydrogens (tertiary/aromatic N) is 1. The van der Waals surface area contributed by atoms with Gasteiger partial charge in [-0.15, -0.1) is 0 Å². The van der Waals surface area contributed by atoms with E-state index < -0.39 is 15.9 Å². The summed E-state index contributed by atoms with van der Waals surface area (Å²) in [4.78, 5) is 26.0. The normalized spacial score (nSPS) is 11.0. The Balaban J connectivity index is 2.04. The van der Waals surface area contributed by atoms with Gasteiger partial charge >= 0.3 is 0 Å². The summed E-state index contributed by atoms with van der Waals surface area (Å²) in [5.74, 6) is -0.725. The first-order valence-corrected chi connectivity index (χ1v) is 10.6. The molecule has 2 rings (SSSR count). The van der Waals surface area contributed by atoms with E-state index in [-0.39, 0.29) is 23.7 Å². The van der Waals surface area contributed by atoms with Crippen LogP contribution < -0.4 is 10.0 Å². The Labute approximate surface area is 166 Å². The lowest BCUT2D eigenvalue weighted by Crippen LogP contribution is -2.35. The molecule has 144 valence electrons. The lowest BCUT2D eigenvalue weighted by atomic mass is 10.2. The van der Waals surface area contributed by atoms with Crippen molar-refractivity contribution in [3.8, 4) is 0 Å². The molecule has 0 bridgehead atoms. The summed E-state index contributed by atoms with van der Waals surface area (Å²) in [5.41, 5.74) is 2.13. The minimum Gasteiger partial charge on any atom is -0.332 e. The second kappa shape index (κ2) is 8.53. The quantitative estimate of drug-likeness (QED) is 0.702. The molecule has 2 aromatic carbocycles. The molecule has 0 radical (unpaired) electrons. The lowest BCUT2D eigenvalue weighted by molar-refractivity contribution is -0.116. The number of rotatable bonds is 6. The SMILES string of the molecule is Cc1cc(Br)ccc1NC(=O)CN(C)C(=O)c1cccc(NS(C)(=O)=O)c1. The molecule has 0 aliphatic heterocycles. The van der Waals surface area contributed by atoms with Crippen LogP contribution >= 0.6 is 15.9 Å². The highest BCUT2D eigenvalue weighted by Gasteiger charge is 2.16. The van der Waals surface area contributed by atoms with Gasteiger partial charge in [0.05, 0.1) is 12.8 Å². The number of nitrogens with one attached hydrogen (secondary N) is 2. The van der Waals surface area contributed by atoms with Crippen LogP contribution in [-0.2, 0) is 14.8 Å². The van der Waals surface area contributed by atoms with Gasteiger partial charge < -0.3 is 10.2 Å². The lowest BCUT2D eigenvalue weighted by Gasteiger charge is -2.18. The zero-order valence-electron chi connectivity index (χ0n) is 15.1. The standard InChI is InChI=1S/C18H20BrN3O4S/c1-12-9-14(19)7-8-16(12)20-17(23)11-22(2)18(24)13-5-4-6-15(10-13)21-27(3,25)26/h4-10,21H,11H2,1-3H3,(H,20,23). The molecule has 7 nitrogen and oxygen atoms in total. The zero-order chi connectivity index (χ0) is 20.2. The number of carbonyl (C=O) groups excluding carboxylic acids is 2. The number of hydrogen-bond acceptors (Lipinski definition) is 4. The topological polar surface area (TPSA) is 95.6 Å². The fourth-order valence-corrected chi connectivity index (χ4v) is 3.43. The Bertz CT molecular complexity index is 976. The summed E-state index contributed by atoms with van der Waals surface area (Å²) >= 11 is 3.36. The number of benzene rings is 2. The minimum absolute atomic E-state index is 0.141. The predicted octanol–water partition coefficient (Wildman–Crippen LogP) is 2.84. The number of amides is 2. The first-order chi connectivity index (χ1) is 12.5. The molecular weight excluding hydrogens is 434 g/mol. The third kappa shape index (κ3) is 6.37. The molecule has 0 fully saturated rings. The van der Waals surface area contributed by atoms with Crippen molar-refractivity contribution < 1.29 is 18.0 Å².